The van der Waals surface area contributed by atoms with Crippen molar-refractivity contribution in [2.45, 2.75) is 13.5 Å². The lowest BCUT2D eigenvalue weighted by atomic mass is 10.1. The van der Waals surface area contributed by atoms with E-state index < -0.39 is 11.8 Å². The van der Waals surface area contributed by atoms with Crippen molar-refractivity contribution in [2.75, 3.05) is 4.90 Å². The number of nitrogens with zero attached hydrogens (tertiary/aromatic N) is 1. The molecular weight excluding hydrogens is 479 g/mol. The van der Waals surface area contributed by atoms with Crippen molar-refractivity contribution < 1.29 is 14.3 Å². The molecule has 4 rings (SSSR count). The predicted molar refractivity (Wildman–Crippen MR) is 135 cm³/mol. The molecular formula is C25H18Cl2N2O3S. The van der Waals surface area contributed by atoms with E-state index in [1.54, 1.807) is 54.6 Å². The standard InChI is InChI=1S/C25H18Cl2N2O3S/c1-15-2-8-19(9-3-15)29-24(31)21(23(30)28-25(29)33)12-16-4-10-20(11-5-16)32-14-17-6-7-18(26)13-22(17)27/h2-13H,14H2,1H3,(H,28,30,33)/b21-12+. The number of ether oxygens (including phenoxy) is 1. The first kappa shape index (κ1) is 23.0. The van der Waals surface area contributed by atoms with Crippen molar-refractivity contribution in [3.8, 4) is 5.75 Å². The normalized spacial score (nSPS) is 15.1. The number of nitrogens with one attached hydrogen (secondary N) is 1. The molecule has 0 aliphatic carbocycles. The summed E-state index contributed by atoms with van der Waals surface area (Å²) in [5, 5.41) is 3.73. The van der Waals surface area contributed by atoms with E-state index in [2.05, 4.69) is 5.32 Å². The Hall–Kier alpha value is -3.19. The van der Waals surface area contributed by atoms with Crippen molar-refractivity contribution in [3.05, 3.63) is 99.0 Å². The summed E-state index contributed by atoms with van der Waals surface area (Å²) in [5.41, 5.74) is 3.11. The van der Waals surface area contributed by atoms with E-state index in [1.165, 1.54) is 11.0 Å². The van der Waals surface area contributed by atoms with Crippen LogP contribution in [0.3, 0.4) is 0 Å². The van der Waals surface area contributed by atoms with Crippen LogP contribution in [-0.4, -0.2) is 16.9 Å². The van der Waals surface area contributed by atoms with E-state index in [0.717, 1.165) is 11.1 Å². The summed E-state index contributed by atoms with van der Waals surface area (Å²) in [7, 11) is 0. The molecule has 0 atom stereocenters. The van der Waals surface area contributed by atoms with Gasteiger partial charge in [0.25, 0.3) is 11.8 Å². The molecule has 0 spiro atoms. The van der Waals surface area contributed by atoms with Gasteiger partial charge in [-0.15, -0.1) is 0 Å². The monoisotopic (exact) mass is 496 g/mol. The van der Waals surface area contributed by atoms with Gasteiger partial charge in [-0.2, -0.15) is 0 Å². The highest BCUT2D eigenvalue weighted by Crippen LogP contribution is 2.25. The number of amides is 2. The maximum atomic E-state index is 13.1. The highest BCUT2D eigenvalue weighted by molar-refractivity contribution is 7.80. The number of hydrogen-bond donors (Lipinski definition) is 1. The van der Waals surface area contributed by atoms with Crippen LogP contribution in [0.5, 0.6) is 5.75 Å². The zero-order valence-corrected chi connectivity index (χ0v) is 19.8. The lowest BCUT2D eigenvalue weighted by Crippen LogP contribution is -2.54. The molecule has 2 amide bonds. The first-order chi connectivity index (χ1) is 15.8. The number of aryl methyl sites for hydroxylation is 1. The van der Waals surface area contributed by atoms with Gasteiger partial charge in [-0.3, -0.25) is 19.8 Å². The number of carbonyl (C=O) groups is 2. The minimum atomic E-state index is -0.536. The molecule has 166 valence electrons. The second-order valence-corrected chi connectivity index (χ2v) is 8.62. The maximum Gasteiger partial charge on any atom is 0.270 e. The summed E-state index contributed by atoms with van der Waals surface area (Å²) < 4.78 is 5.78. The van der Waals surface area contributed by atoms with Crippen LogP contribution in [0.15, 0.2) is 72.3 Å². The lowest BCUT2D eigenvalue weighted by Gasteiger charge is -2.29. The predicted octanol–water partition coefficient (Wildman–Crippen LogP) is 5.71. The van der Waals surface area contributed by atoms with Crippen LogP contribution in [0.4, 0.5) is 5.69 Å². The fourth-order valence-electron chi connectivity index (χ4n) is 3.21. The molecule has 0 saturated carbocycles. The Balaban J connectivity index is 1.51. The van der Waals surface area contributed by atoms with Crippen molar-refractivity contribution in [3.63, 3.8) is 0 Å². The van der Waals surface area contributed by atoms with E-state index in [9.17, 15) is 9.59 Å². The third-order valence-corrected chi connectivity index (χ3v) is 5.87. The van der Waals surface area contributed by atoms with Crippen LogP contribution in [0.2, 0.25) is 10.0 Å². The molecule has 1 aliphatic rings. The van der Waals surface area contributed by atoms with Gasteiger partial charge in [-0.05, 0) is 67.2 Å². The van der Waals surface area contributed by atoms with Crippen molar-refractivity contribution in [2.24, 2.45) is 0 Å². The number of thiocarbonyl (C=S) groups is 1. The molecule has 0 radical (unpaired) electrons. The second kappa shape index (κ2) is 9.75. The smallest absolute Gasteiger partial charge is 0.270 e. The molecule has 8 heteroatoms. The SMILES string of the molecule is Cc1ccc(N2C(=O)/C(=C/c3ccc(OCc4ccc(Cl)cc4Cl)cc3)C(=O)NC2=S)cc1. The third-order valence-electron chi connectivity index (χ3n) is 4.99. The van der Waals surface area contributed by atoms with Gasteiger partial charge in [-0.1, -0.05) is 59.1 Å². The molecule has 1 N–H and O–H groups in total. The van der Waals surface area contributed by atoms with E-state index in [4.69, 9.17) is 40.2 Å². The zero-order chi connectivity index (χ0) is 23.5. The van der Waals surface area contributed by atoms with Gasteiger partial charge in [-0.25, -0.2) is 0 Å². The highest BCUT2D eigenvalue weighted by Gasteiger charge is 2.34. The quantitative estimate of drug-likeness (QED) is 0.279. The summed E-state index contributed by atoms with van der Waals surface area (Å²) in [4.78, 5) is 26.9. The fourth-order valence-corrected chi connectivity index (χ4v) is 3.96. The summed E-state index contributed by atoms with van der Waals surface area (Å²) in [6, 6.07) is 19.6. The minimum Gasteiger partial charge on any atom is -0.489 e. The van der Waals surface area contributed by atoms with E-state index in [1.807, 2.05) is 19.1 Å². The van der Waals surface area contributed by atoms with Gasteiger partial charge in [0.2, 0.25) is 0 Å². The molecule has 1 saturated heterocycles. The number of hydrogen-bond acceptors (Lipinski definition) is 4. The van der Waals surface area contributed by atoms with E-state index in [-0.39, 0.29) is 17.3 Å². The number of carbonyl (C=O) groups excluding carboxylic acids is 2. The molecule has 3 aromatic carbocycles. The van der Waals surface area contributed by atoms with Gasteiger partial charge in [0.05, 0.1) is 5.69 Å². The Morgan fingerprint density at radius 3 is 2.36 bits per heavy atom. The molecule has 0 aromatic heterocycles. The molecule has 5 nitrogen and oxygen atoms in total. The number of anilines is 1. The topological polar surface area (TPSA) is 58.6 Å². The molecule has 1 heterocycles. The Morgan fingerprint density at radius 2 is 1.70 bits per heavy atom. The number of rotatable bonds is 5. The second-order valence-electron chi connectivity index (χ2n) is 7.39. The summed E-state index contributed by atoms with van der Waals surface area (Å²) in [6.45, 7) is 2.23. The van der Waals surface area contributed by atoms with Gasteiger partial charge in [0.1, 0.15) is 17.9 Å². The summed E-state index contributed by atoms with van der Waals surface area (Å²) >= 11 is 17.3. The molecule has 0 bridgehead atoms. The van der Waals surface area contributed by atoms with Crippen molar-refractivity contribution >= 4 is 64.1 Å². The average molecular weight is 497 g/mol. The van der Waals surface area contributed by atoms with Gasteiger partial charge < -0.3 is 4.74 Å². The van der Waals surface area contributed by atoms with Crippen LogP contribution in [0, 0.1) is 6.92 Å². The molecule has 1 fully saturated rings. The zero-order valence-electron chi connectivity index (χ0n) is 17.5. The minimum absolute atomic E-state index is 0.00853. The van der Waals surface area contributed by atoms with E-state index in [0.29, 0.717) is 27.0 Å². The molecule has 33 heavy (non-hydrogen) atoms. The van der Waals surface area contributed by atoms with Gasteiger partial charge in [0.15, 0.2) is 5.11 Å². The van der Waals surface area contributed by atoms with Crippen LogP contribution < -0.4 is 15.0 Å². The first-order valence-corrected chi connectivity index (χ1v) is 11.1. The third kappa shape index (κ3) is 5.25. The Labute approximate surface area is 206 Å². The fraction of sp³-hybridized carbons (Fsp3) is 0.0800. The Kier molecular flexibility index (Phi) is 6.79. The molecule has 0 unspecified atom stereocenters. The van der Waals surface area contributed by atoms with Crippen LogP contribution in [0.1, 0.15) is 16.7 Å². The first-order valence-electron chi connectivity index (χ1n) is 9.97. The number of benzene rings is 3. The molecule has 1 aliphatic heterocycles. The average Bonchev–Trinajstić information content (AvgIpc) is 2.78. The van der Waals surface area contributed by atoms with E-state index >= 15 is 0 Å². The van der Waals surface area contributed by atoms with Crippen molar-refractivity contribution in [1.29, 1.82) is 0 Å². The Morgan fingerprint density at radius 1 is 1.00 bits per heavy atom. The van der Waals surface area contributed by atoms with Crippen LogP contribution in [-0.2, 0) is 16.2 Å². The summed E-state index contributed by atoms with van der Waals surface area (Å²) in [6.07, 6.45) is 1.53. The van der Waals surface area contributed by atoms with Crippen LogP contribution in [0.25, 0.3) is 6.08 Å². The number of halogens is 2. The van der Waals surface area contributed by atoms with Gasteiger partial charge >= 0.3 is 0 Å². The largest absolute Gasteiger partial charge is 0.489 e. The lowest BCUT2D eigenvalue weighted by molar-refractivity contribution is -0.122. The summed E-state index contributed by atoms with van der Waals surface area (Å²) in [5.74, 6) is -0.401. The molecule has 3 aromatic rings. The van der Waals surface area contributed by atoms with Gasteiger partial charge in [0, 0.05) is 15.6 Å². The van der Waals surface area contributed by atoms with Crippen LogP contribution >= 0.6 is 35.4 Å². The van der Waals surface area contributed by atoms with Crippen molar-refractivity contribution in [1.82, 2.24) is 5.32 Å². The maximum absolute atomic E-state index is 13.1. The highest BCUT2D eigenvalue weighted by atomic mass is 35.5. The Bertz CT molecular complexity index is 1270.